The number of anilines is 1. The van der Waals surface area contributed by atoms with E-state index in [0.29, 0.717) is 17.2 Å². The molecule has 1 heterocycles. The smallest absolute Gasteiger partial charge is 0.255 e. The molecule has 0 unspecified atom stereocenters. The fraction of sp³-hybridized carbons (Fsp3) is 0.130. The molecule has 4 rings (SSSR count). The molecule has 0 radical (unpaired) electrons. The van der Waals surface area contributed by atoms with E-state index in [4.69, 9.17) is 4.52 Å². The Balaban J connectivity index is 1.62. The van der Waals surface area contributed by atoms with Gasteiger partial charge in [-0.15, -0.1) is 0 Å². The van der Waals surface area contributed by atoms with E-state index in [1.165, 1.54) is 5.56 Å². The van der Waals surface area contributed by atoms with Crippen LogP contribution in [0.1, 0.15) is 35.7 Å². The van der Waals surface area contributed by atoms with E-state index >= 15 is 0 Å². The number of rotatable bonds is 4. The van der Waals surface area contributed by atoms with Crippen LogP contribution in [0.2, 0.25) is 0 Å². The van der Waals surface area contributed by atoms with E-state index in [1.807, 2.05) is 66.7 Å². The monoisotopic (exact) mass is 356 g/mol. The van der Waals surface area contributed by atoms with Crippen molar-refractivity contribution in [1.29, 1.82) is 0 Å². The summed E-state index contributed by atoms with van der Waals surface area (Å²) in [6, 6.07) is 23.1. The number of hydrogen-bond donors (Lipinski definition) is 1. The van der Waals surface area contributed by atoms with Crippen molar-refractivity contribution in [3.63, 3.8) is 0 Å². The number of carbonyl (C=O) groups excluding carboxylic acids is 1. The molecule has 4 heteroatoms. The first kappa shape index (κ1) is 17.0. The van der Waals surface area contributed by atoms with Crippen molar-refractivity contribution in [2.45, 2.75) is 19.8 Å². The minimum absolute atomic E-state index is 0.158. The van der Waals surface area contributed by atoms with E-state index in [9.17, 15) is 4.79 Å². The average Bonchev–Trinajstić information content (AvgIpc) is 3.12. The summed E-state index contributed by atoms with van der Waals surface area (Å²) in [7, 11) is 0. The molecule has 0 saturated heterocycles. The Morgan fingerprint density at radius 2 is 1.70 bits per heavy atom. The van der Waals surface area contributed by atoms with Crippen LogP contribution in [0.25, 0.3) is 22.2 Å². The minimum atomic E-state index is -0.158. The first-order valence-electron chi connectivity index (χ1n) is 8.98. The third kappa shape index (κ3) is 3.47. The minimum Gasteiger partial charge on any atom is -0.355 e. The third-order valence-electron chi connectivity index (χ3n) is 4.61. The number of nitrogens with zero attached hydrogens (tertiary/aromatic N) is 1. The predicted molar refractivity (Wildman–Crippen MR) is 108 cm³/mol. The molecule has 4 nitrogen and oxygen atoms in total. The summed E-state index contributed by atoms with van der Waals surface area (Å²) in [5.41, 5.74) is 4.24. The Hall–Kier alpha value is -3.40. The van der Waals surface area contributed by atoms with Crippen molar-refractivity contribution in [3.8, 4) is 11.3 Å². The van der Waals surface area contributed by atoms with Gasteiger partial charge in [0.15, 0.2) is 5.76 Å². The second-order valence-corrected chi connectivity index (χ2v) is 6.84. The number of fused-ring (bicyclic) bond motifs is 1. The summed E-state index contributed by atoms with van der Waals surface area (Å²) < 4.78 is 5.51. The molecular formula is C23H20N2O2. The van der Waals surface area contributed by atoms with Crippen molar-refractivity contribution in [2.24, 2.45) is 0 Å². The van der Waals surface area contributed by atoms with Gasteiger partial charge in [0.05, 0.1) is 5.39 Å². The molecule has 3 aromatic carbocycles. The number of benzene rings is 3. The SMILES string of the molecule is CC(C)c1ccc(NC(=O)c2ccc3noc(-c4ccccc4)c3c2)cc1. The van der Waals surface area contributed by atoms with Crippen LogP contribution < -0.4 is 5.32 Å². The van der Waals surface area contributed by atoms with Gasteiger partial charge in [0.1, 0.15) is 5.52 Å². The fourth-order valence-corrected chi connectivity index (χ4v) is 3.04. The molecule has 4 aromatic rings. The molecule has 134 valence electrons. The van der Waals surface area contributed by atoms with Crippen molar-refractivity contribution in [2.75, 3.05) is 5.32 Å². The van der Waals surface area contributed by atoms with Crippen LogP contribution in [0.5, 0.6) is 0 Å². The molecule has 0 aliphatic rings. The van der Waals surface area contributed by atoms with Crippen LogP contribution in [0.4, 0.5) is 5.69 Å². The number of nitrogens with one attached hydrogen (secondary N) is 1. The van der Waals surface area contributed by atoms with Gasteiger partial charge in [-0.2, -0.15) is 0 Å². The summed E-state index contributed by atoms with van der Waals surface area (Å²) in [6.07, 6.45) is 0. The standard InChI is InChI=1S/C23H20N2O2/c1-15(2)16-8-11-19(12-9-16)24-23(26)18-10-13-21-20(14-18)22(27-25-21)17-6-4-3-5-7-17/h3-15H,1-2H3,(H,24,26). The summed E-state index contributed by atoms with van der Waals surface area (Å²) in [6.45, 7) is 4.29. The van der Waals surface area contributed by atoms with Crippen LogP contribution in [-0.4, -0.2) is 11.1 Å². The van der Waals surface area contributed by atoms with Gasteiger partial charge in [-0.3, -0.25) is 4.79 Å². The Morgan fingerprint density at radius 1 is 0.963 bits per heavy atom. The number of hydrogen-bond acceptors (Lipinski definition) is 3. The first-order valence-corrected chi connectivity index (χ1v) is 8.98. The highest BCUT2D eigenvalue weighted by atomic mass is 16.5. The summed E-state index contributed by atoms with van der Waals surface area (Å²) in [5, 5.41) is 7.87. The molecule has 0 aliphatic heterocycles. The van der Waals surface area contributed by atoms with E-state index < -0.39 is 0 Å². The predicted octanol–water partition coefficient (Wildman–Crippen LogP) is 5.87. The Kier molecular flexibility index (Phi) is 4.47. The Morgan fingerprint density at radius 3 is 2.41 bits per heavy atom. The molecule has 1 amide bonds. The zero-order valence-corrected chi connectivity index (χ0v) is 15.3. The zero-order chi connectivity index (χ0) is 18.8. The molecule has 1 aromatic heterocycles. The van der Waals surface area contributed by atoms with E-state index in [1.54, 1.807) is 6.07 Å². The van der Waals surface area contributed by atoms with Gasteiger partial charge >= 0.3 is 0 Å². The van der Waals surface area contributed by atoms with Gasteiger partial charge in [-0.25, -0.2) is 0 Å². The van der Waals surface area contributed by atoms with Crippen molar-refractivity contribution in [1.82, 2.24) is 5.16 Å². The van der Waals surface area contributed by atoms with Crippen molar-refractivity contribution >= 4 is 22.5 Å². The largest absolute Gasteiger partial charge is 0.355 e. The highest BCUT2D eigenvalue weighted by Crippen LogP contribution is 2.29. The van der Waals surface area contributed by atoms with Gasteiger partial charge in [0, 0.05) is 16.8 Å². The fourth-order valence-electron chi connectivity index (χ4n) is 3.04. The number of aromatic nitrogens is 1. The molecule has 1 N–H and O–H groups in total. The maximum Gasteiger partial charge on any atom is 0.255 e. The molecule has 0 atom stereocenters. The average molecular weight is 356 g/mol. The van der Waals surface area contributed by atoms with Crippen molar-refractivity contribution < 1.29 is 9.32 Å². The Bertz CT molecular complexity index is 1080. The highest BCUT2D eigenvalue weighted by Gasteiger charge is 2.14. The van der Waals surface area contributed by atoms with Crippen LogP contribution in [-0.2, 0) is 0 Å². The van der Waals surface area contributed by atoms with Gasteiger partial charge in [0.2, 0.25) is 0 Å². The first-order chi connectivity index (χ1) is 13.1. The second-order valence-electron chi connectivity index (χ2n) is 6.84. The summed E-state index contributed by atoms with van der Waals surface area (Å²) in [5.74, 6) is 0.970. The van der Waals surface area contributed by atoms with Crippen LogP contribution in [0.3, 0.4) is 0 Å². The topological polar surface area (TPSA) is 55.1 Å². The second kappa shape index (κ2) is 7.08. The maximum absolute atomic E-state index is 12.7. The van der Waals surface area contributed by atoms with E-state index in [0.717, 1.165) is 22.2 Å². The van der Waals surface area contributed by atoms with Gasteiger partial charge in [-0.05, 0) is 41.8 Å². The molecular weight excluding hydrogens is 336 g/mol. The number of carbonyl (C=O) groups is 1. The van der Waals surface area contributed by atoms with Crippen LogP contribution >= 0.6 is 0 Å². The van der Waals surface area contributed by atoms with E-state index in [2.05, 4.69) is 24.3 Å². The lowest BCUT2D eigenvalue weighted by molar-refractivity contribution is 0.102. The molecule has 0 spiro atoms. The van der Waals surface area contributed by atoms with E-state index in [-0.39, 0.29) is 5.91 Å². The number of amides is 1. The molecule has 0 fully saturated rings. The molecule has 27 heavy (non-hydrogen) atoms. The quantitative estimate of drug-likeness (QED) is 0.497. The lowest BCUT2D eigenvalue weighted by atomic mass is 10.0. The molecule has 0 bridgehead atoms. The third-order valence-corrected chi connectivity index (χ3v) is 4.61. The van der Waals surface area contributed by atoms with Crippen molar-refractivity contribution in [3.05, 3.63) is 83.9 Å². The highest BCUT2D eigenvalue weighted by molar-refractivity contribution is 6.07. The molecule has 0 saturated carbocycles. The lowest BCUT2D eigenvalue weighted by Gasteiger charge is -2.08. The maximum atomic E-state index is 12.7. The Labute approximate surface area is 157 Å². The summed E-state index contributed by atoms with van der Waals surface area (Å²) in [4.78, 5) is 12.7. The summed E-state index contributed by atoms with van der Waals surface area (Å²) >= 11 is 0. The normalized spacial score (nSPS) is 11.1. The van der Waals surface area contributed by atoms with Gasteiger partial charge < -0.3 is 9.84 Å². The lowest BCUT2D eigenvalue weighted by Crippen LogP contribution is -2.11. The van der Waals surface area contributed by atoms with Gasteiger partial charge in [-0.1, -0.05) is 61.5 Å². The molecule has 0 aliphatic carbocycles. The zero-order valence-electron chi connectivity index (χ0n) is 15.3. The van der Waals surface area contributed by atoms with Gasteiger partial charge in [0.25, 0.3) is 5.91 Å². The van der Waals surface area contributed by atoms with Crippen LogP contribution in [0, 0.1) is 0 Å². The van der Waals surface area contributed by atoms with Crippen LogP contribution in [0.15, 0.2) is 77.3 Å².